The lowest BCUT2D eigenvalue weighted by Crippen LogP contribution is -2.46. The Hall–Kier alpha value is -1.11. The van der Waals surface area contributed by atoms with Gasteiger partial charge in [0.1, 0.15) is 0 Å². The van der Waals surface area contributed by atoms with Crippen LogP contribution in [0.4, 0.5) is 0 Å². The number of piperidine rings is 1. The summed E-state index contributed by atoms with van der Waals surface area (Å²) in [5.74, 6) is -1.33. The molecule has 6 nitrogen and oxygen atoms in total. The number of sulfone groups is 1. The van der Waals surface area contributed by atoms with Crippen LogP contribution >= 0.6 is 0 Å². The number of carbonyl (C=O) groups is 2. The SMILES string of the molecule is O=C(O)CC[C@@H]1CCCCN1C(=O)[C@@H]1CCS(=O)(=O)C1. The Balaban J connectivity index is 2.00. The van der Waals surface area contributed by atoms with Crippen LogP contribution in [0, 0.1) is 5.92 Å². The number of nitrogens with zero attached hydrogens (tertiary/aromatic N) is 1. The summed E-state index contributed by atoms with van der Waals surface area (Å²) >= 11 is 0. The second-order valence-corrected chi connectivity index (χ2v) is 7.94. The van der Waals surface area contributed by atoms with Gasteiger partial charge in [0.05, 0.1) is 17.4 Å². The van der Waals surface area contributed by atoms with Crippen molar-refractivity contribution in [3.8, 4) is 0 Å². The second-order valence-electron chi connectivity index (χ2n) is 5.71. The molecule has 20 heavy (non-hydrogen) atoms. The van der Waals surface area contributed by atoms with E-state index in [0.717, 1.165) is 19.3 Å². The first-order valence-electron chi connectivity index (χ1n) is 7.12. The molecular weight excluding hydrogens is 282 g/mol. The molecular formula is C13H21NO5S. The van der Waals surface area contributed by atoms with E-state index in [9.17, 15) is 18.0 Å². The third kappa shape index (κ3) is 3.71. The summed E-state index contributed by atoms with van der Waals surface area (Å²) in [5.41, 5.74) is 0. The molecule has 2 rings (SSSR count). The minimum absolute atomic E-state index is 0.0457. The van der Waals surface area contributed by atoms with Crippen molar-refractivity contribution >= 4 is 21.7 Å². The highest BCUT2D eigenvalue weighted by molar-refractivity contribution is 7.91. The van der Waals surface area contributed by atoms with Gasteiger partial charge in [0.25, 0.3) is 0 Å². The average molecular weight is 303 g/mol. The van der Waals surface area contributed by atoms with E-state index in [1.807, 2.05) is 0 Å². The number of likely N-dealkylation sites (tertiary alicyclic amines) is 1. The molecule has 0 aliphatic carbocycles. The summed E-state index contributed by atoms with van der Waals surface area (Å²) < 4.78 is 23.0. The molecule has 2 saturated heterocycles. The number of carbonyl (C=O) groups excluding carboxylic acids is 1. The average Bonchev–Trinajstić information content (AvgIpc) is 2.76. The molecule has 2 fully saturated rings. The molecule has 2 aliphatic heterocycles. The van der Waals surface area contributed by atoms with E-state index in [4.69, 9.17) is 5.11 Å². The Labute approximate surface area is 119 Å². The van der Waals surface area contributed by atoms with Crippen LogP contribution in [-0.4, -0.2) is 54.4 Å². The Morgan fingerprint density at radius 1 is 1.20 bits per heavy atom. The van der Waals surface area contributed by atoms with Gasteiger partial charge in [0.15, 0.2) is 9.84 Å². The third-order valence-corrected chi connectivity index (χ3v) is 5.95. The van der Waals surface area contributed by atoms with Crippen molar-refractivity contribution in [2.45, 2.75) is 44.6 Å². The number of hydrogen-bond acceptors (Lipinski definition) is 4. The lowest BCUT2D eigenvalue weighted by Gasteiger charge is -2.37. The quantitative estimate of drug-likeness (QED) is 0.824. The standard InChI is InChI=1S/C13H21NO5S/c15-12(16)5-4-11-3-1-2-7-14(11)13(17)10-6-8-20(18,19)9-10/h10-11H,1-9H2,(H,15,16)/t10-,11+/m1/s1. The molecule has 0 aromatic heterocycles. The predicted octanol–water partition coefficient (Wildman–Crippen LogP) is 0.667. The molecule has 1 N–H and O–H groups in total. The highest BCUT2D eigenvalue weighted by Crippen LogP contribution is 2.27. The van der Waals surface area contributed by atoms with Crippen molar-refractivity contribution < 1.29 is 23.1 Å². The zero-order valence-corrected chi connectivity index (χ0v) is 12.3. The van der Waals surface area contributed by atoms with E-state index in [1.54, 1.807) is 4.90 Å². The Kier molecular flexibility index (Phi) is 4.67. The first-order chi connectivity index (χ1) is 9.39. The van der Waals surface area contributed by atoms with E-state index < -0.39 is 21.7 Å². The van der Waals surface area contributed by atoms with Crippen molar-refractivity contribution in [3.05, 3.63) is 0 Å². The summed E-state index contributed by atoms with van der Waals surface area (Å²) in [5, 5.41) is 8.77. The molecule has 114 valence electrons. The van der Waals surface area contributed by atoms with E-state index in [1.165, 1.54) is 0 Å². The van der Waals surface area contributed by atoms with Crippen molar-refractivity contribution in [2.75, 3.05) is 18.1 Å². The maximum Gasteiger partial charge on any atom is 0.303 e. The topological polar surface area (TPSA) is 91.8 Å². The highest BCUT2D eigenvalue weighted by atomic mass is 32.2. The summed E-state index contributed by atoms with van der Waals surface area (Å²) in [4.78, 5) is 24.9. The number of aliphatic carboxylic acids is 1. The van der Waals surface area contributed by atoms with Gasteiger partial charge in [-0.25, -0.2) is 8.42 Å². The molecule has 1 amide bonds. The first kappa shape index (κ1) is 15.3. The highest BCUT2D eigenvalue weighted by Gasteiger charge is 2.38. The van der Waals surface area contributed by atoms with Crippen LogP contribution in [0.15, 0.2) is 0 Å². The van der Waals surface area contributed by atoms with E-state index in [0.29, 0.717) is 19.4 Å². The fraction of sp³-hybridized carbons (Fsp3) is 0.846. The largest absolute Gasteiger partial charge is 0.481 e. The van der Waals surface area contributed by atoms with Crippen LogP contribution in [0.3, 0.4) is 0 Å². The molecule has 0 radical (unpaired) electrons. The number of hydrogen-bond donors (Lipinski definition) is 1. The van der Waals surface area contributed by atoms with Crippen molar-refractivity contribution in [1.29, 1.82) is 0 Å². The lowest BCUT2D eigenvalue weighted by atomic mass is 9.95. The van der Waals surface area contributed by atoms with Crippen LogP contribution in [0.25, 0.3) is 0 Å². The van der Waals surface area contributed by atoms with E-state index in [2.05, 4.69) is 0 Å². The summed E-state index contributed by atoms with van der Waals surface area (Å²) in [6.07, 6.45) is 3.64. The second kappa shape index (κ2) is 6.11. The fourth-order valence-electron chi connectivity index (χ4n) is 3.11. The smallest absolute Gasteiger partial charge is 0.303 e. The molecule has 2 aliphatic rings. The zero-order chi connectivity index (χ0) is 14.8. The van der Waals surface area contributed by atoms with E-state index >= 15 is 0 Å². The molecule has 0 saturated carbocycles. The van der Waals surface area contributed by atoms with Crippen LogP contribution in [-0.2, 0) is 19.4 Å². The van der Waals surface area contributed by atoms with Crippen LogP contribution in [0.2, 0.25) is 0 Å². The number of amides is 1. The van der Waals surface area contributed by atoms with Crippen LogP contribution in [0.1, 0.15) is 38.5 Å². The van der Waals surface area contributed by atoms with Gasteiger partial charge < -0.3 is 10.0 Å². The van der Waals surface area contributed by atoms with Crippen molar-refractivity contribution in [3.63, 3.8) is 0 Å². The third-order valence-electron chi connectivity index (χ3n) is 4.18. The number of rotatable bonds is 4. The summed E-state index contributed by atoms with van der Waals surface area (Å²) in [7, 11) is -3.06. The normalized spacial score (nSPS) is 29.3. The lowest BCUT2D eigenvalue weighted by molar-refractivity contribution is -0.141. The number of carboxylic acid groups (broad SMARTS) is 1. The molecule has 0 bridgehead atoms. The van der Waals surface area contributed by atoms with Gasteiger partial charge in [0, 0.05) is 19.0 Å². The van der Waals surface area contributed by atoms with Crippen LogP contribution < -0.4 is 0 Å². The molecule has 0 spiro atoms. The van der Waals surface area contributed by atoms with Gasteiger partial charge in [-0.2, -0.15) is 0 Å². The maximum atomic E-state index is 12.5. The molecule has 2 atom stereocenters. The minimum atomic E-state index is -3.06. The van der Waals surface area contributed by atoms with Crippen molar-refractivity contribution in [2.24, 2.45) is 5.92 Å². The fourth-order valence-corrected chi connectivity index (χ4v) is 4.84. The maximum absolute atomic E-state index is 12.5. The molecule has 0 aromatic rings. The zero-order valence-electron chi connectivity index (χ0n) is 11.5. The first-order valence-corrected chi connectivity index (χ1v) is 8.94. The van der Waals surface area contributed by atoms with Gasteiger partial charge in [-0.1, -0.05) is 0 Å². The summed E-state index contributed by atoms with van der Waals surface area (Å²) in [6, 6.07) is -0.0457. The number of carboxylic acids is 1. The Morgan fingerprint density at radius 3 is 2.55 bits per heavy atom. The van der Waals surface area contributed by atoms with Gasteiger partial charge in [0.2, 0.25) is 5.91 Å². The van der Waals surface area contributed by atoms with Gasteiger partial charge in [-0.05, 0) is 32.1 Å². The summed E-state index contributed by atoms with van der Waals surface area (Å²) in [6.45, 7) is 0.625. The van der Waals surface area contributed by atoms with Gasteiger partial charge in [-0.3, -0.25) is 9.59 Å². The van der Waals surface area contributed by atoms with Gasteiger partial charge in [-0.15, -0.1) is 0 Å². The van der Waals surface area contributed by atoms with Crippen LogP contribution in [0.5, 0.6) is 0 Å². The Bertz CT molecular complexity index is 487. The monoisotopic (exact) mass is 303 g/mol. The minimum Gasteiger partial charge on any atom is -0.481 e. The van der Waals surface area contributed by atoms with Gasteiger partial charge >= 0.3 is 5.97 Å². The molecule has 7 heteroatoms. The van der Waals surface area contributed by atoms with E-state index in [-0.39, 0.29) is 29.9 Å². The molecule has 0 aromatic carbocycles. The molecule has 0 unspecified atom stereocenters. The van der Waals surface area contributed by atoms with Crippen molar-refractivity contribution in [1.82, 2.24) is 4.90 Å². The molecule has 2 heterocycles. The Morgan fingerprint density at radius 2 is 1.95 bits per heavy atom. The predicted molar refractivity (Wildman–Crippen MR) is 73.0 cm³/mol.